The van der Waals surface area contributed by atoms with Gasteiger partial charge in [0.25, 0.3) is 0 Å². The van der Waals surface area contributed by atoms with Gasteiger partial charge in [-0.15, -0.1) is 0 Å². The van der Waals surface area contributed by atoms with Crippen molar-refractivity contribution in [2.75, 3.05) is 6.54 Å². The largest absolute Gasteiger partial charge is 0.350 e. The Balaban J connectivity index is 1.79. The van der Waals surface area contributed by atoms with Crippen LogP contribution in [0.2, 0.25) is 0 Å². The lowest BCUT2D eigenvalue weighted by Crippen LogP contribution is -2.47. The molecule has 0 bridgehead atoms. The summed E-state index contributed by atoms with van der Waals surface area (Å²) in [6.07, 6.45) is 2.20. The van der Waals surface area contributed by atoms with E-state index in [2.05, 4.69) is 24.4 Å². The predicted molar refractivity (Wildman–Crippen MR) is 103 cm³/mol. The van der Waals surface area contributed by atoms with Gasteiger partial charge in [-0.1, -0.05) is 62.4 Å². The molecule has 4 nitrogen and oxygen atoms in total. The van der Waals surface area contributed by atoms with Crippen molar-refractivity contribution in [3.8, 4) is 0 Å². The first-order valence-corrected chi connectivity index (χ1v) is 9.36. The van der Waals surface area contributed by atoms with Crippen molar-refractivity contribution in [3.05, 3.63) is 70.8 Å². The van der Waals surface area contributed by atoms with E-state index in [9.17, 15) is 9.59 Å². The molecule has 1 N–H and O–H groups in total. The molecule has 3 rings (SSSR count). The molecule has 26 heavy (non-hydrogen) atoms. The molecular weight excluding hydrogens is 324 g/mol. The second kappa shape index (κ2) is 8.17. The second-order valence-electron chi connectivity index (χ2n) is 6.75. The zero-order valence-electron chi connectivity index (χ0n) is 15.5. The van der Waals surface area contributed by atoms with E-state index in [1.54, 1.807) is 4.90 Å². The topological polar surface area (TPSA) is 49.4 Å². The second-order valence-corrected chi connectivity index (χ2v) is 6.75. The molecule has 0 spiro atoms. The quantitative estimate of drug-likeness (QED) is 0.868. The maximum Gasteiger partial charge on any atom is 0.247 e. The number of hydrogen-bond donors (Lipinski definition) is 1. The van der Waals surface area contributed by atoms with Crippen LogP contribution in [0.25, 0.3) is 0 Å². The molecule has 0 fully saturated rings. The van der Waals surface area contributed by atoms with Crippen molar-refractivity contribution in [1.29, 1.82) is 0 Å². The van der Waals surface area contributed by atoms with E-state index < -0.39 is 6.04 Å². The first kappa shape index (κ1) is 18.2. The summed E-state index contributed by atoms with van der Waals surface area (Å²) in [4.78, 5) is 27.3. The Bertz CT molecular complexity index is 783. The molecule has 1 heterocycles. The van der Waals surface area contributed by atoms with Crippen LogP contribution in [0, 0.1) is 0 Å². The average Bonchev–Trinajstić information content (AvgIpc) is 2.67. The monoisotopic (exact) mass is 350 g/mol. The Morgan fingerprint density at radius 1 is 1.08 bits per heavy atom. The summed E-state index contributed by atoms with van der Waals surface area (Å²) in [6.45, 7) is 5.21. The summed E-state index contributed by atoms with van der Waals surface area (Å²) < 4.78 is 0. The minimum Gasteiger partial charge on any atom is -0.350 e. The highest BCUT2D eigenvalue weighted by molar-refractivity contribution is 5.92. The lowest BCUT2D eigenvalue weighted by atomic mass is 9.91. The van der Waals surface area contributed by atoms with Crippen LogP contribution in [-0.4, -0.2) is 23.3 Å². The van der Waals surface area contributed by atoms with Crippen LogP contribution in [0.15, 0.2) is 48.5 Å². The first-order chi connectivity index (χ1) is 12.6. The van der Waals surface area contributed by atoms with Crippen molar-refractivity contribution in [1.82, 2.24) is 10.2 Å². The Labute approximate surface area is 155 Å². The van der Waals surface area contributed by atoms with Gasteiger partial charge in [0.1, 0.15) is 6.04 Å². The lowest BCUT2D eigenvalue weighted by Gasteiger charge is -2.36. The summed E-state index contributed by atoms with van der Waals surface area (Å²) in [5, 5.41) is 3.02. The predicted octanol–water partition coefficient (Wildman–Crippen LogP) is 3.40. The summed E-state index contributed by atoms with van der Waals surface area (Å²) in [6, 6.07) is 15.5. The van der Waals surface area contributed by atoms with Gasteiger partial charge in [-0.2, -0.15) is 0 Å². The molecule has 0 saturated carbocycles. The molecular formula is C22H26N2O2. The zero-order valence-corrected chi connectivity index (χ0v) is 15.5. The maximum absolute atomic E-state index is 13.0. The molecule has 1 aliphatic heterocycles. The van der Waals surface area contributed by atoms with Crippen LogP contribution in [0.5, 0.6) is 0 Å². The van der Waals surface area contributed by atoms with Crippen molar-refractivity contribution >= 4 is 11.8 Å². The molecule has 136 valence electrons. The molecule has 0 aliphatic carbocycles. The van der Waals surface area contributed by atoms with Crippen LogP contribution in [0.1, 0.15) is 48.6 Å². The van der Waals surface area contributed by atoms with E-state index in [0.717, 1.165) is 29.5 Å². The highest BCUT2D eigenvalue weighted by Gasteiger charge is 2.36. The van der Waals surface area contributed by atoms with Gasteiger partial charge in [0, 0.05) is 13.1 Å². The Morgan fingerprint density at radius 3 is 2.46 bits per heavy atom. The van der Waals surface area contributed by atoms with Crippen LogP contribution in [-0.2, 0) is 29.0 Å². The number of amides is 2. The van der Waals surface area contributed by atoms with Gasteiger partial charge in [-0.25, -0.2) is 0 Å². The van der Waals surface area contributed by atoms with Crippen molar-refractivity contribution < 1.29 is 9.59 Å². The molecule has 0 saturated heterocycles. The van der Waals surface area contributed by atoms with Gasteiger partial charge in [-0.05, 0) is 35.1 Å². The van der Waals surface area contributed by atoms with E-state index in [-0.39, 0.29) is 11.8 Å². The molecule has 2 aromatic carbocycles. The van der Waals surface area contributed by atoms with E-state index in [1.807, 2.05) is 43.3 Å². The van der Waals surface area contributed by atoms with Gasteiger partial charge in [0.15, 0.2) is 0 Å². The smallest absolute Gasteiger partial charge is 0.247 e. The maximum atomic E-state index is 13.0. The highest BCUT2D eigenvalue weighted by atomic mass is 16.2. The van der Waals surface area contributed by atoms with Crippen molar-refractivity contribution in [3.63, 3.8) is 0 Å². The Morgan fingerprint density at radius 2 is 1.77 bits per heavy atom. The third-order valence-corrected chi connectivity index (χ3v) is 4.93. The van der Waals surface area contributed by atoms with Crippen molar-refractivity contribution in [2.45, 2.75) is 45.7 Å². The number of fused-ring (bicyclic) bond motifs is 1. The van der Waals surface area contributed by atoms with Crippen molar-refractivity contribution in [2.24, 2.45) is 0 Å². The van der Waals surface area contributed by atoms with E-state index >= 15 is 0 Å². The number of rotatable bonds is 6. The molecule has 2 aromatic rings. The Kier molecular flexibility index (Phi) is 5.71. The molecule has 0 aromatic heterocycles. The van der Waals surface area contributed by atoms with E-state index in [4.69, 9.17) is 0 Å². The first-order valence-electron chi connectivity index (χ1n) is 9.36. The SMILES string of the molecule is CCCN1C(=O)Cc2ccccc2C1C(=O)NCc1ccc(CC)cc1. The number of carbonyl (C=O) groups is 2. The third-order valence-electron chi connectivity index (χ3n) is 4.93. The minimum atomic E-state index is -0.540. The lowest BCUT2D eigenvalue weighted by molar-refractivity contribution is -0.141. The fourth-order valence-corrected chi connectivity index (χ4v) is 3.49. The number of benzene rings is 2. The normalized spacial score (nSPS) is 16.3. The molecule has 1 unspecified atom stereocenters. The number of nitrogens with one attached hydrogen (secondary N) is 1. The zero-order chi connectivity index (χ0) is 18.5. The van der Waals surface area contributed by atoms with Crippen LogP contribution >= 0.6 is 0 Å². The fraction of sp³-hybridized carbons (Fsp3) is 0.364. The summed E-state index contributed by atoms with van der Waals surface area (Å²) in [7, 11) is 0. The highest BCUT2D eigenvalue weighted by Crippen LogP contribution is 2.30. The van der Waals surface area contributed by atoms with Gasteiger partial charge in [-0.3, -0.25) is 9.59 Å². The fourth-order valence-electron chi connectivity index (χ4n) is 3.49. The van der Waals surface area contributed by atoms with Gasteiger partial charge in [0.05, 0.1) is 6.42 Å². The molecule has 2 amide bonds. The van der Waals surface area contributed by atoms with Gasteiger partial charge >= 0.3 is 0 Å². The standard InChI is InChI=1S/C22H26N2O2/c1-3-13-24-20(25)14-18-7-5-6-8-19(18)21(24)22(26)23-15-17-11-9-16(4-2)10-12-17/h5-12,21H,3-4,13-15H2,1-2H3,(H,23,26). The number of hydrogen-bond acceptors (Lipinski definition) is 2. The molecule has 4 heteroatoms. The summed E-state index contributed by atoms with van der Waals surface area (Å²) >= 11 is 0. The number of aryl methyl sites for hydroxylation is 1. The summed E-state index contributed by atoms with van der Waals surface area (Å²) in [5.74, 6) is -0.0866. The number of carbonyl (C=O) groups excluding carboxylic acids is 2. The van der Waals surface area contributed by atoms with Crippen LogP contribution < -0.4 is 5.32 Å². The van der Waals surface area contributed by atoms with Gasteiger partial charge < -0.3 is 10.2 Å². The average molecular weight is 350 g/mol. The Hall–Kier alpha value is -2.62. The van der Waals surface area contributed by atoms with E-state index in [1.165, 1.54) is 5.56 Å². The summed E-state index contributed by atoms with van der Waals surface area (Å²) in [5.41, 5.74) is 4.24. The van der Waals surface area contributed by atoms with Gasteiger partial charge in [0.2, 0.25) is 11.8 Å². The van der Waals surface area contributed by atoms with Crippen LogP contribution in [0.3, 0.4) is 0 Å². The molecule has 1 atom stereocenters. The van der Waals surface area contributed by atoms with E-state index in [0.29, 0.717) is 19.5 Å². The van der Waals surface area contributed by atoms with Crippen LogP contribution in [0.4, 0.5) is 0 Å². The molecule has 0 radical (unpaired) electrons. The third kappa shape index (κ3) is 3.79. The molecule has 1 aliphatic rings. The number of nitrogens with zero attached hydrogens (tertiary/aromatic N) is 1. The minimum absolute atomic E-state index is 0.0259.